The number of phenols is 1. The Hall–Kier alpha value is -2.24. The molecule has 0 unspecified atom stereocenters. The van der Waals surface area contributed by atoms with Crippen LogP contribution in [0.15, 0.2) is 18.2 Å². The number of benzene rings is 1. The summed E-state index contributed by atoms with van der Waals surface area (Å²) in [4.78, 5) is 22.2. The van der Waals surface area contributed by atoms with Crippen LogP contribution in [0.1, 0.15) is 26.3 Å². The second-order valence-electron chi connectivity index (χ2n) is 5.04. The first-order valence-corrected chi connectivity index (χ1v) is 5.71. The smallest absolute Gasteiger partial charge is 0.412 e. The molecule has 0 fully saturated rings. The van der Waals surface area contributed by atoms with Crippen molar-refractivity contribution in [2.45, 2.75) is 32.8 Å². The largest absolute Gasteiger partial charge is 0.508 e. The zero-order valence-corrected chi connectivity index (χ0v) is 11.1. The van der Waals surface area contributed by atoms with Gasteiger partial charge in [-0.15, -0.1) is 0 Å². The molecule has 0 heterocycles. The number of amides is 1. The zero-order valence-electron chi connectivity index (χ0n) is 11.1. The number of anilines is 1. The van der Waals surface area contributed by atoms with Crippen molar-refractivity contribution in [3.63, 3.8) is 0 Å². The van der Waals surface area contributed by atoms with Crippen LogP contribution in [-0.2, 0) is 16.0 Å². The SMILES string of the molecule is CC(C)(C)OC(=O)Nc1ccc(O)c(CC(=O)O)c1. The molecule has 0 spiro atoms. The van der Waals surface area contributed by atoms with E-state index in [0.717, 1.165) is 0 Å². The minimum Gasteiger partial charge on any atom is -0.508 e. The molecule has 1 aromatic rings. The van der Waals surface area contributed by atoms with E-state index in [0.29, 0.717) is 5.69 Å². The number of rotatable bonds is 3. The monoisotopic (exact) mass is 267 g/mol. The average molecular weight is 267 g/mol. The zero-order chi connectivity index (χ0) is 14.6. The summed E-state index contributed by atoms with van der Waals surface area (Å²) in [5.74, 6) is -1.19. The first-order chi connectivity index (χ1) is 8.67. The molecule has 0 atom stereocenters. The molecule has 0 saturated carbocycles. The summed E-state index contributed by atoms with van der Waals surface area (Å²) in [6, 6.07) is 4.18. The lowest BCUT2D eigenvalue weighted by molar-refractivity contribution is -0.136. The summed E-state index contributed by atoms with van der Waals surface area (Å²) in [5, 5.41) is 20.7. The van der Waals surface area contributed by atoms with Gasteiger partial charge in [0, 0.05) is 11.3 Å². The Morgan fingerprint density at radius 3 is 2.47 bits per heavy atom. The summed E-state index contributed by atoms with van der Waals surface area (Å²) in [5.41, 5.74) is -0.0328. The number of carboxylic acid groups (broad SMARTS) is 1. The molecule has 0 aromatic heterocycles. The maximum Gasteiger partial charge on any atom is 0.412 e. The molecule has 19 heavy (non-hydrogen) atoms. The summed E-state index contributed by atoms with van der Waals surface area (Å²) >= 11 is 0. The lowest BCUT2D eigenvalue weighted by atomic mass is 10.1. The molecule has 0 aliphatic heterocycles. The molecule has 1 rings (SSSR count). The van der Waals surface area contributed by atoms with Crippen LogP contribution in [-0.4, -0.2) is 27.9 Å². The third kappa shape index (κ3) is 5.29. The van der Waals surface area contributed by atoms with E-state index in [9.17, 15) is 14.7 Å². The second-order valence-corrected chi connectivity index (χ2v) is 5.04. The Morgan fingerprint density at radius 2 is 1.95 bits per heavy atom. The molecule has 1 aromatic carbocycles. The fourth-order valence-corrected chi connectivity index (χ4v) is 1.39. The maximum atomic E-state index is 11.5. The summed E-state index contributed by atoms with van der Waals surface area (Å²) in [7, 11) is 0. The second kappa shape index (κ2) is 5.60. The number of carbonyl (C=O) groups is 2. The molecule has 1 amide bonds. The van der Waals surface area contributed by atoms with Gasteiger partial charge in [0.15, 0.2) is 0 Å². The minimum atomic E-state index is -1.07. The quantitative estimate of drug-likeness (QED) is 0.731. The highest BCUT2D eigenvalue weighted by Crippen LogP contribution is 2.22. The predicted octanol–water partition coefficient (Wildman–Crippen LogP) is 2.37. The van der Waals surface area contributed by atoms with Gasteiger partial charge in [0.1, 0.15) is 11.4 Å². The van der Waals surface area contributed by atoms with Gasteiger partial charge in [-0.25, -0.2) is 4.79 Å². The van der Waals surface area contributed by atoms with Crippen molar-refractivity contribution in [2.75, 3.05) is 5.32 Å². The highest BCUT2D eigenvalue weighted by atomic mass is 16.6. The Labute approximate surface area is 111 Å². The highest BCUT2D eigenvalue weighted by molar-refractivity contribution is 5.85. The molecule has 0 bridgehead atoms. The Kier molecular flexibility index (Phi) is 4.37. The Balaban J connectivity index is 2.79. The van der Waals surface area contributed by atoms with Gasteiger partial charge in [0.05, 0.1) is 6.42 Å². The molecule has 0 aliphatic rings. The molecule has 0 radical (unpaired) electrons. The van der Waals surface area contributed by atoms with Gasteiger partial charge in [-0.3, -0.25) is 10.1 Å². The van der Waals surface area contributed by atoms with E-state index in [1.54, 1.807) is 20.8 Å². The van der Waals surface area contributed by atoms with Crippen molar-refractivity contribution in [1.29, 1.82) is 0 Å². The Bertz CT molecular complexity index is 490. The van der Waals surface area contributed by atoms with Crippen LogP contribution in [0.25, 0.3) is 0 Å². The number of aromatic hydroxyl groups is 1. The predicted molar refractivity (Wildman–Crippen MR) is 69.3 cm³/mol. The number of nitrogens with one attached hydrogen (secondary N) is 1. The number of hydrogen-bond donors (Lipinski definition) is 3. The number of ether oxygens (including phenoxy) is 1. The van der Waals surface area contributed by atoms with Crippen molar-refractivity contribution < 1.29 is 24.5 Å². The normalized spacial score (nSPS) is 10.9. The number of carboxylic acids is 1. The first kappa shape index (κ1) is 14.8. The number of hydrogen-bond acceptors (Lipinski definition) is 4. The van der Waals surface area contributed by atoms with E-state index in [-0.39, 0.29) is 17.7 Å². The maximum absolute atomic E-state index is 11.5. The van der Waals surface area contributed by atoms with Gasteiger partial charge in [-0.05, 0) is 39.0 Å². The minimum absolute atomic E-state index is 0.128. The van der Waals surface area contributed by atoms with Gasteiger partial charge in [-0.2, -0.15) is 0 Å². The van der Waals surface area contributed by atoms with Crippen LogP contribution >= 0.6 is 0 Å². The summed E-state index contributed by atoms with van der Waals surface area (Å²) < 4.78 is 5.06. The topological polar surface area (TPSA) is 95.9 Å². The van der Waals surface area contributed by atoms with Crippen molar-refractivity contribution in [3.8, 4) is 5.75 Å². The van der Waals surface area contributed by atoms with Crippen molar-refractivity contribution in [3.05, 3.63) is 23.8 Å². The third-order valence-electron chi connectivity index (χ3n) is 2.07. The van der Waals surface area contributed by atoms with Crippen LogP contribution in [0.5, 0.6) is 5.75 Å². The van der Waals surface area contributed by atoms with Crippen LogP contribution < -0.4 is 5.32 Å². The van der Waals surface area contributed by atoms with Gasteiger partial charge in [-0.1, -0.05) is 0 Å². The van der Waals surface area contributed by atoms with Gasteiger partial charge in [0.2, 0.25) is 0 Å². The molecule has 0 aliphatic carbocycles. The van der Waals surface area contributed by atoms with Crippen molar-refractivity contribution >= 4 is 17.7 Å². The molecular formula is C13H17NO5. The summed E-state index contributed by atoms with van der Waals surface area (Å²) in [6.07, 6.45) is -0.963. The number of phenolic OH excluding ortho intramolecular Hbond substituents is 1. The van der Waals surface area contributed by atoms with E-state index >= 15 is 0 Å². The highest BCUT2D eigenvalue weighted by Gasteiger charge is 2.16. The van der Waals surface area contributed by atoms with Gasteiger partial charge < -0.3 is 14.9 Å². The Morgan fingerprint density at radius 1 is 1.32 bits per heavy atom. The molecule has 0 saturated heterocycles. The van der Waals surface area contributed by atoms with E-state index in [2.05, 4.69) is 5.32 Å². The summed E-state index contributed by atoms with van der Waals surface area (Å²) in [6.45, 7) is 5.21. The third-order valence-corrected chi connectivity index (χ3v) is 2.07. The van der Waals surface area contributed by atoms with E-state index < -0.39 is 17.7 Å². The molecule has 104 valence electrons. The molecule has 6 heteroatoms. The van der Waals surface area contributed by atoms with Crippen LogP contribution in [0.4, 0.5) is 10.5 Å². The van der Waals surface area contributed by atoms with Crippen LogP contribution in [0, 0.1) is 0 Å². The average Bonchev–Trinajstić information content (AvgIpc) is 2.19. The molecular weight excluding hydrogens is 250 g/mol. The number of carbonyl (C=O) groups excluding carboxylic acids is 1. The van der Waals surface area contributed by atoms with E-state index in [1.807, 2.05) is 0 Å². The first-order valence-electron chi connectivity index (χ1n) is 5.71. The lowest BCUT2D eigenvalue weighted by Crippen LogP contribution is -2.27. The van der Waals surface area contributed by atoms with Crippen LogP contribution in [0.2, 0.25) is 0 Å². The molecule has 3 N–H and O–H groups in total. The molecule has 6 nitrogen and oxygen atoms in total. The lowest BCUT2D eigenvalue weighted by Gasteiger charge is -2.19. The van der Waals surface area contributed by atoms with Gasteiger partial charge in [0.25, 0.3) is 0 Å². The van der Waals surface area contributed by atoms with Gasteiger partial charge >= 0.3 is 12.1 Å². The van der Waals surface area contributed by atoms with Crippen molar-refractivity contribution in [1.82, 2.24) is 0 Å². The number of aliphatic carboxylic acids is 1. The standard InChI is InChI=1S/C13H17NO5/c1-13(2,3)19-12(18)14-9-4-5-10(15)8(6-9)7-11(16)17/h4-6,15H,7H2,1-3H3,(H,14,18)(H,16,17). The van der Waals surface area contributed by atoms with Crippen molar-refractivity contribution in [2.24, 2.45) is 0 Å². The van der Waals surface area contributed by atoms with E-state index in [1.165, 1.54) is 18.2 Å². The fraction of sp³-hybridized carbons (Fsp3) is 0.385. The fourth-order valence-electron chi connectivity index (χ4n) is 1.39. The van der Waals surface area contributed by atoms with Crippen LogP contribution in [0.3, 0.4) is 0 Å². The van der Waals surface area contributed by atoms with E-state index in [4.69, 9.17) is 9.84 Å².